The van der Waals surface area contributed by atoms with Crippen LogP contribution in [0.15, 0.2) is 66.7 Å². The van der Waals surface area contributed by atoms with Gasteiger partial charge < -0.3 is 14.8 Å². The molecular weight excluding hydrogens is 326 g/mol. The topological polar surface area (TPSA) is 47.6 Å². The lowest BCUT2D eigenvalue weighted by atomic mass is 10.0. The predicted octanol–water partition coefficient (Wildman–Crippen LogP) is 4.93. The molecule has 4 heteroatoms. The van der Waals surface area contributed by atoms with E-state index < -0.39 is 0 Å². The van der Waals surface area contributed by atoms with Gasteiger partial charge in [0, 0.05) is 22.9 Å². The van der Waals surface area contributed by atoms with E-state index in [2.05, 4.69) is 11.4 Å². The summed E-state index contributed by atoms with van der Waals surface area (Å²) in [7, 11) is 3.12. The number of rotatable bonds is 5. The highest BCUT2D eigenvalue weighted by molar-refractivity contribution is 6.06. The zero-order valence-corrected chi connectivity index (χ0v) is 15.1. The Balaban J connectivity index is 1.96. The van der Waals surface area contributed by atoms with Crippen molar-refractivity contribution < 1.29 is 14.3 Å². The summed E-state index contributed by atoms with van der Waals surface area (Å²) in [6.07, 6.45) is 0. The highest BCUT2D eigenvalue weighted by Gasteiger charge is 2.13. The van der Waals surface area contributed by atoms with Crippen LogP contribution in [0.1, 0.15) is 15.9 Å². The van der Waals surface area contributed by atoms with Crippen molar-refractivity contribution in [2.45, 2.75) is 6.92 Å². The Hall–Kier alpha value is -3.27. The smallest absolute Gasteiger partial charge is 0.255 e. The first-order valence-corrected chi connectivity index (χ1v) is 8.31. The van der Waals surface area contributed by atoms with Crippen LogP contribution in [0.4, 0.5) is 5.69 Å². The van der Waals surface area contributed by atoms with Crippen LogP contribution in [-0.4, -0.2) is 20.1 Å². The van der Waals surface area contributed by atoms with Crippen LogP contribution >= 0.6 is 0 Å². The molecule has 0 heterocycles. The third kappa shape index (κ3) is 3.86. The zero-order chi connectivity index (χ0) is 18.5. The zero-order valence-electron chi connectivity index (χ0n) is 15.1. The number of carbonyl (C=O) groups is 1. The lowest BCUT2D eigenvalue weighted by Crippen LogP contribution is -2.13. The van der Waals surface area contributed by atoms with Crippen molar-refractivity contribution in [2.75, 3.05) is 19.5 Å². The molecule has 0 unspecified atom stereocenters. The molecule has 0 aromatic heterocycles. The maximum atomic E-state index is 12.8. The Morgan fingerprint density at radius 1 is 0.846 bits per heavy atom. The number of nitrogens with one attached hydrogen (secondary N) is 1. The normalized spacial score (nSPS) is 10.3. The molecule has 0 spiro atoms. The van der Waals surface area contributed by atoms with Crippen molar-refractivity contribution in [1.29, 1.82) is 0 Å². The first kappa shape index (κ1) is 17.5. The second kappa shape index (κ2) is 7.74. The van der Waals surface area contributed by atoms with E-state index in [1.54, 1.807) is 32.4 Å². The summed E-state index contributed by atoms with van der Waals surface area (Å²) in [5.74, 6) is 0.923. The Morgan fingerprint density at radius 2 is 1.50 bits per heavy atom. The van der Waals surface area contributed by atoms with Gasteiger partial charge >= 0.3 is 0 Å². The molecule has 4 nitrogen and oxygen atoms in total. The molecule has 26 heavy (non-hydrogen) atoms. The van der Waals surface area contributed by atoms with Crippen molar-refractivity contribution in [1.82, 2.24) is 0 Å². The third-order valence-electron chi connectivity index (χ3n) is 4.12. The van der Waals surface area contributed by atoms with E-state index in [1.807, 2.05) is 49.4 Å². The molecule has 0 aliphatic carbocycles. The Kier molecular flexibility index (Phi) is 5.23. The summed E-state index contributed by atoms with van der Waals surface area (Å²) in [6, 6.07) is 21.1. The number of ether oxygens (including phenoxy) is 2. The fraction of sp³-hybridized carbons (Fsp3) is 0.136. The van der Waals surface area contributed by atoms with Crippen LogP contribution in [-0.2, 0) is 0 Å². The summed E-state index contributed by atoms with van der Waals surface area (Å²) in [6.45, 7) is 2.03. The van der Waals surface area contributed by atoms with Crippen LogP contribution in [0.25, 0.3) is 11.1 Å². The minimum absolute atomic E-state index is 0.219. The van der Waals surface area contributed by atoms with E-state index in [4.69, 9.17) is 9.47 Å². The SMILES string of the molecule is COc1cc(OC)cc(C(=O)Nc2ccc(C)cc2-c2ccccc2)c1. The Bertz CT molecular complexity index is 898. The highest BCUT2D eigenvalue weighted by Crippen LogP contribution is 2.30. The standard InChI is InChI=1S/C22H21NO3/c1-15-9-10-21(20(11-15)16-7-5-4-6-8-16)23-22(24)17-12-18(25-2)14-19(13-17)26-3/h4-14H,1-3H3,(H,23,24). The first-order chi connectivity index (χ1) is 12.6. The summed E-state index contributed by atoms with van der Waals surface area (Å²) < 4.78 is 10.5. The van der Waals surface area contributed by atoms with Crippen molar-refractivity contribution >= 4 is 11.6 Å². The van der Waals surface area contributed by atoms with Gasteiger partial charge in [0.15, 0.2) is 0 Å². The second-order valence-corrected chi connectivity index (χ2v) is 5.97. The number of benzene rings is 3. The van der Waals surface area contributed by atoms with Crippen LogP contribution in [0.5, 0.6) is 11.5 Å². The van der Waals surface area contributed by atoms with Crippen LogP contribution in [0.2, 0.25) is 0 Å². The van der Waals surface area contributed by atoms with Crippen molar-refractivity contribution in [2.24, 2.45) is 0 Å². The predicted molar refractivity (Wildman–Crippen MR) is 104 cm³/mol. The number of carbonyl (C=O) groups excluding carboxylic acids is 1. The number of hydrogen-bond acceptors (Lipinski definition) is 3. The van der Waals surface area contributed by atoms with Crippen molar-refractivity contribution in [3.05, 3.63) is 77.9 Å². The summed E-state index contributed by atoms with van der Waals surface area (Å²) >= 11 is 0. The largest absolute Gasteiger partial charge is 0.497 e. The minimum Gasteiger partial charge on any atom is -0.497 e. The maximum Gasteiger partial charge on any atom is 0.255 e. The van der Waals surface area contributed by atoms with E-state index in [9.17, 15) is 4.79 Å². The van der Waals surface area contributed by atoms with Gasteiger partial charge in [0.2, 0.25) is 0 Å². The molecule has 3 aromatic carbocycles. The monoisotopic (exact) mass is 347 g/mol. The molecule has 3 rings (SSSR count). The first-order valence-electron chi connectivity index (χ1n) is 8.31. The number of aryl methyl sites for hydroxylation is 1. The average Bonchev–Trinajstić information content (AvgIpc) is 2.69. The maximum absolute atomic E-state index is 12.8. The molecule has 0 aliphatic heterocycles. The summed E-state index contributed by atoms with van der Waals surface area (Å²) in [4.78, 5) is 12.8. The molecule has 0 saturated heterocycles. The van der Waals surface area contributed by atoms with Gasteiger partial charge in [-0.3, -0.25) is 4.79 Å². The number of hydrogen-bond donors (Lipinski definition) is 1. The van der Waals surface area contributed by atoms with Gasteiger partial charge in [-0.1, -0.05) is 42.0 Å². The quantitative estimate of drug-likeness (QED) is 0.712. The lowest BCUT2D eigenvalue weighted by Gasteiger charge is -2.13. The number of anilines is 1. The van der Waals surface area contributed by atoms with Gasteiger partial charge in [0.1, 0.15) is 11.5 Å². The molecule has 132 valence electrons. The molecule has 3 aromatic rings. The van der Waals surface area contributed by atoms with Crippen LogP contribution < -0.4 is 14.8 Å². The fourth-order valence-electron chi connectivity index (χ4n) is 2.76. The fourth-order valence-corrected chi connectivity index (χ4v) is 2.76. The number of methoxy groups -OCH3 is 2. The van der Waals surface area contributed by atoms with Crippen molar-refractivity contribution in [3.8, 4) is 22.6 Å². The Morgan fingerprint density at radius 3 is 2.12 bits per heavy atom. The van der Waals surface area contributed by atoms with Crippen LogP contribution in [0.3, 0.4) is 0 Å². The van der Waals surface area contributed by atoms with E-state index in [0.717, 1.165) is 22.4 Å². The van der Waals surface area contributed by atoms with Gasteiger partial charge in [0.25, 0.3) is 5.91 Å². The second-order valence-electron chi connectivity index (χ2n) is 5.97. The molecule has 0 aliphatic rings. The molecule has 0 saturated carbocycles. The van der Waals surface area contributed by atoms with E-state index in [-0.39, 0.29) is 5.91 Å². The molecule has 0 radical (unpaired) electrons. The van der Waals surface area contributed by atoms with Gasteiger partial charge in [-0.15, -0.1) is 0 Å². The third-order valence-corrected chi connectivity index (χ3v) is 4.12. The number of amides is 1. The molecular formula is C22H21NO3. The summed E-state index contributed by atoms with van der Waals surface area (Å²) in [5, 5.41) is 3.01. The van der Waals surface area contributed by atoms with E-state index in [1.165, 1.54) is 0 Å². The molecule has 0 bridgehead atoms. The minimum atomic E-state index is -0.219. The summed E-state index contributed by atoms with van der Waals surface area (Å²) in [5.41, 5.74) is 4.39. The molecule has 0 atom stereocenters. The van der Waals surface area contributed by atoms with Gasteiger partial charge in [0.05, 0.1) is 14.2 Å². The van der Waals surface area contributed by atoms with Gasteiger partial charge in [-0.25, -0.2) is 0 Å². The highest BCUT2D eigenvalue weighted by atomic mass is 16.5. The molecule has 1 amide bonds. The average molecular weight is 347 g/mol. The van der Waals surface area contributed by atoms with Crippen LogP contribution in [0, 0.1) is 6.92 Å². The van der Waals surface area contributed by atoms with E-state index >= 15 is 0 Å². The van der Waals surface area contributed by atoms with Gasteiger partial charge in [-0.2, -0.15) is 0 Å². The van der Waals surface area contributed by atoms with E-state index in [0.29, 0.717) is 17.1 Å². The van der Waals surface area contributed by atoms with Gasteiger partial charge in [-0.05, 0) is 36.8 Å². The molecule has 1 N–H and O–H groups in total. The molecule has 0 fully saturated rings. The lowest BCUT2D eigenvalue weighted by molar-refractivity contribution is 0.102. The Labute approximate surface area is 153 Å². The van der Waals surface area contributed by atoms with Crippen molar-refractivity contribution in [3.63, 3.8) is 0 Å².